The van der Waals surface area contributed by atoms with Gasteiger partial charge in [-0.3, -0.25) is 121 Å². The number of likely N-dealkylation sites (N-methyl/N-ethyl adjacent to an activating group) is 3. The van der Waals surface area contributed by atoms with Crippen molar-refractivity contribution in [1.29, 1.82) is 0 Å². The summed E-state index contributed by atoms with van der Waals surface area (Å²) in [5.74, 6) is 1.66. The molecule has 1 aromatic carbocycles. The molecule has 14 fully saturated rings. The van der Waals surface area contributed by atoms with Crippen LogP contribution in [0.15, 0.2) is 112 Å². The van der Waals surface area contributed by atoms with Crippen LogP contribution in [0.4, 0.5) is 0 Å². The third-order valence-corrected chi connectivity index (χ3v) is 39.1. The molecule has 137 heavy (non-hydrogen) atoms. The lowest BCUT2D eigenvalue weighted by atomic mass is 10.1. The maximum Gasteiger partial charge on any atom is 0.294 e. The number of carbonyl (C=O) groups is 16. The van der Waals surface area contributed by atoms with Gasteiger partial charge in [-0.25, -0.2) is 0 Å². The van der Waals surface area contributed by atoms with Crippen LogP contribution in [-0.4, -0.2) is 320 Å². The highest BCUT2D eigenvalue weighted by Crippen LogP contribution is 2.49. The molecular weight excluding hydrogens is 2170 g/mol. The van der Waals surface area contributed by atoms with E-state index >= 15 is 0 Å². The first-order chi connectivity index (χ1) is 65.7. The highest BCUT2D eigenvalue weighted by Gasteiger charge is 2.47. The normalized spacial score (nSPS) is 23.4. The van der Waals surface area contributed by atoms with E-state index in [9.17, 15) is 76.7 Å². The number of amides is 14. The zero-order chi connectivity index (χ0) is 100. The minimum atomic E-state index is -0.302. The monoisotopic (exact) mass is 2260 g/mol. The van der Waals surface area contributed by atoms with E-state index in [1.54, 1.807) is 50.2 Å². The summed E-state index contributed by atoms with van der Waals surface area (Å²) in [6.45, 7) is 30.1. The summed E-state index contributed by atoms with van der Waals surface area (Å²) in [7, 11) is 0. The van der Waals surface area contributed by atoms with Crippen LogP contribution in [0.5, 0.6) is 0 Å². The molecular formula is C84H98N14O18S21. The first-order valence-electron chi connectivity index (χ1n) is 42.9. The molecule has 0 radical (unpaired) electrons. The molecule has 0 aromatic heterocycles. The van der Waals surface area contributed by atoms with Crippen molar-refractivity contribution in [3.63, 3.8) is 0 Å². The van der Waals surface area contributed by atoms with E-state index in [0.29, 0.717) is 188 Å². The molecule has 0 N–H and O–H groups in total. The molecule has 1 aromatic rings. The number of rotatable bonds is 28. The van der Waals surface area contributed by atoms with E-state index in [2.05, 4.69) is 29.9 Å². The Hall–Kier alpha value is -5.81. The molecule has 0 saturated carbocycles. The maximum atomic E-state index is 12.7. The minimum Gasteiger partial charge on any atom is -0.446 e. The molecule has 32 nitrogen and oxygen atoms in total. The van der Waals surface area contributed by atoms with Crippen molar-refractivity contribution in [1.82, 2.24) is 68.6 Å². The van der Waals surface area contributed by atoms with Crippen LogP contribution in [0, 0.1) is 0 Å². The number of hydrogen-bond acceptors (Lipinski definition) is 39. The van der Waals surface area contributed by atoms with Crippen molar-refractivity contribution in [3.05, 3.63) is 118 Å². The van der Waals surface area contributed by atoms with Gasteiger partial charge in [0.15, 0.2) is 13.5 Å². The van der Waals surface area contributed by atoms with Crippen molar-refractivity contribution >= 4 is 376 Å². The summed E-state index contributed by atoms with van der Waals surface area (Å²) in [5, 5.41) is 4.35. The molecule has 15 rings (SSSR count). The standard InChI is InChI=1S/C16H24N2O2S3.C15H12N2O4S3.C12H16N2O2S3.C11H12N2O2S3.C10H10N2O4S3.2C10H12N2O2S3/c1-3-5-6-7-8-9-10-18-14(20)13(23-16(18)21)15-17(4-2)12(19)11-22-15;18-9-21-8-17-11(19)7-23-14(17)12-13(20)16(15(22)24-12)6-10-4-2-1-3-5-10;1-3-5-6-14-10(16)9(19-12(14)17)11-13(4-2)8(15)7-18-11;1-3-5-13-9(15)8(18-11(13)16)10-12(4-2)7(14)6-17-10;1-2-12-9(15)7(19-10(12)17)6-8(14)11(4-18-6)3-16-5-13;2*1-3-11-6(13)5-16-9(11)7-8(14)12(4-2)10(15)17-7/h3-11H2,1-2H3;1-5,9H,6-8H2;3-7H2,1-2H3;3H,1,4-6H2,2H3;5H,2-4H2,1H3;2*3-5H2,1-2H3/b15-13+;14-12+;11-9+;10-8+;7-6+;2*9-7+. The van der Waals surface area contributed by atoms with Gasteiger partial charge < -0.3 is 34.0 Å². The van der Waals surface area contributed by atoms with Gasteiger partial charge in [0, 0.05) is 72.0 Å². The predicted molar refractivity (Wildman–Crippen MR) is 585 cm³/mol. The second-order valence-electron chi connectivity index (χ2n) is 29.0. The average Bonchev–Trinajstić information content (AvgIpc) is 1.64. The molecule has 14 aliphatic rings. The van der Waals surface area contributed by atoms with Gasteiger partial charge in [0.2, 0.25) is 35.4 Å². The fraction of sp³-hybridized carbons (Fsp3) is 0.464. The van der Waals surface area contributed by atoms with E-state index in [4.69, 9.17) is 85.5 Å². The summed E-state index contributed by atoms with van der Waals surface area (Å²) < 4.78 is 13.1. The quantitative estimate of drug-likeness (QED) is 0.0247. The van der Waals surface area contributed by atoms with Gasteiger partial charge in [-0.05, 0) is 73.8 Å². The largest absolute Gasteiger partial charge is 0.446 e. The Morgan fingerprint density at radius 1 is 0.299 bits per heavy atom. The van der Waals surface area contributed by atoms with Gasteiger partial charge >= 0.3 is 0 Å². The molecule has 53 heteroatoms. The van der Waals surface area contributed by atoms with Gasteiger partial charge in [0.1, 0.15) is 64.7 Å². The number of thiocarbonyl (C=S) groups is 7. The third kappa shape index (κ3) is 28.0. The topological polar surface area (TPSA) is 337 Å². The van der Waals surface area contributed by atoms with E-state index in [0.717, 1.165) is 68.2 Å². The lowest BCUT2D eigenvalue weighted by molar-refractivity contribution is -0.140. The number of nitrogens with zero attached hydrogens (tertiary/aromatic N) is 14. The summed E-state index contributed by atoms with van der Waals surface area (Å²) in [6, 6.07) is 9.54. The van der Waals surface area contributed by atoms with Crippen molar-refractivity contribution in [3.8, 4) is 0 Å². The zero-order valence-corrected chi connectivity index (χ0v) is 93.2. The summed E-state index contributed by atoms with van der Waals surface area (Å²) in [6.07, 6.45) is 10.7. The Morgan fingerprint density at radius 2 is 0.577 bits per heavy atom. The van der Waals surface area contributed by atoms with E-state index < -0.39 is 0 Å². The smallest absolute Gasteiger partial charge is 0.294 e. The van der Waals surface area contributed by atoms with Crippen molar-refractivity contribution < 1.29 is 86.2 Å². The lowest BCUT2D eigenvalue weighted by Gasteiger charge is -2.17. The molecule has 0 spiro atoms. The highest BCUT2D eigenvalue weighted by atomic mass is 32.2. The summed E-state index contributed by atoms with van der Waals surface area (Å²) in [5.41, 5.74) is 0.969. The summed E-state index contributed by atoms with van der Waals surface area (Å²) >= 11 is 55.0. The first kappa shape index (κ1) is 115. The molecule has 738 valence electrons. The molecule has 14 amide bonds. The fourth-order valence-electron chi connectivity index (χ4n) is 13.6. The maximum absolute atomic E-state index is 12.7. The molecule has 14 heterocycles. The number of benzene rings is 1. The van der Waals surface area contributed by atoms with Gasteiger partial charge in [0.25, 0.3) is 60.2 Å². The van der Waals surface area contributed by atoms with E-state index in [-0.39, 0.29) is 115 Å². The van der Waals surface area contributed by atoms with Crippen molar-refractivity contribution in [2.24, 2.45) is 0 Å². The van der Waals surface area contributed by atoms with E-state index in [1.807, 2.05) is 85.7 Å². The highest BCUT2D eigenvalue weighted by molar-refractivity contribution is 8.30. The van der Waals surface area contributed by atoms with E-state index in [1.165, 1.54) is 203 Å². The number of carbonyl (C=O) groups excluding carboxylic acids is 16. The van der Waals surface area contributed by atoms with Gasteiger partial charge in [-0.2, -0.15) is 0 Å². The molecule has 0 unspecified atom stereocenters. The lowest BCUT2D eigenvalue weighted by Crippen LogP contribution is -2.30. The van der Waals surface area contributed by atoms with Gasteiger partial charge in [-0.1, -0.05) is 339 Å². The van der Waals surface area contributed by atoms with Gasteiger partial charge in [-0.15, -0.1) is 6.58 Å². The van der Waals surface area contributed by atoms with Crippen LogP contribution < -0.4 is 0 Å². The van der Waals surface area contributed by atoms with Crippen LogP contribution in [-0.2, 0) is 92.7 Å². The van der Waals surface area contributed by atoms with Crippen LogP contribution in [0.25, 0.3) is 0 Å². The SMILES string of the molecule is C=CCN1C(=O)/C(=C2\SCC(=O)N2CC)SC1=S.CCCCCCCCN1C(=O)/C(=C2\SCC(=O)N2CC)SC1=S.CCCCN1C(=O)/C(=C2\SCC(=O)N2CC)SC1=S.CCN1C(=O)/C(=C2\SCC(=O)N2CC)SC1=S.CCN1C(=O)/C(=C2\SCC(=O)N2CC)SC1=S.CCN1C(=O)/C(=C2\SCN(COC=O)C2=O)SC1=S.O=COCN1C(=O)CS/C1=C1/SC(=S)N(Cc2ccccc2)C1=O. The first-order valence-corrected chi connectivity index (χ1v) is 58.4. The number of hydrogen-bond donors (Lipinski definition) is 0. The number of unbranched alkanes of at least 4 members (excludes halogenated alkanes) is 6. The Labute approximate surface area is 892 Å². The number of thioether (sulfide) groups is 14. The molecule has 14 aliphatic heterocycles. The number of ether oxygens (including phenoxy) is 2. The Kier molecular flexibility index (Phi) is 46.8. The summed E-state index contributed by atoms with van der Waals surface area (Å²) in [4.78, 5) is 215. The van der Waals surface area contributed by atoms with Crippen LogP contribution in [0.1, 0.15) is 126 Å². The molecule has 0 atom stereocenters. The minimum absolute atomic E-state index is 0.0239. The van der Waals surface area contributed by atoms with Crippen molar-refractivity contribution in [2.75, 3.05) is 126 Å². The predicted octanol–water partition coefficient (Wildman–Crippen LogP) is 14.1. The molecule has 0 bridgehead atoms. The van der Waals surface area contributed by atoms with Crippen molar-refractivity contribution in [2.45, 2.75) is 127 Å². The van der Waals surface area contributed by atoms with Crippen LogP contribution in [0.3, 0.4) is 0 Å². The zero-order valence-electron chi connectivity index (χ0n) is 76.0. The fourth-order valence-corrected chi connectivity index (χ4v) is 31.8. The Balaban J connectivity index is 0.000000180. The second-order valence-corrected chi connectivity index (χ2v) is 47.2. The molecule has 14 saturated heterocycles. The molecule has 0 aliphatic carbocycles. The Bertz CT molecular complexity index is 5240. The Morgan fingerprint density at radius 3 is 0.920 bits per heavy atom. The third-order valence-electron chi connectivity index (χ3n) is 20.5. The average molecular weight is 2270 g/mol. The second kappa shape index (κ2) is 55.9. The van der Waals surface area contributed by atoms with Crippen LogP contribution >= 0.6 is 250 Å². The van der Waals surface area contributed by atoms with Gasteiger partial charge in [0.05, 0.1) is 81.9 Å². The van der Waals surface area contributed by atoms with Crippen LogP contribution in [0.2, 0.25) is 0 Å².